The van der Waals surface area contributed by atoms with E-state index in [4.69, 9.17) is 4.74 Å². The zero-order valence-corrected chi connectivity index (χ0v) is 14.2. The highest BCUT2D eigenvalue weighted by Gasteiger charge is 2.20. The van der Waals surface area contributed by atoms with E-state index in [1.54, 1.807) is 11.3 Å². The van der Waals surface area contributed by atoms with Crippen LogP contribution in [0.25, 0.3) is 0 Å². The maximum Gasteiger partial charge on any atom is 0.191 e. The number of guanidine groups is 1. The molecule has 0 radical (unpaired) electrons. The van der Waals surface area contributed by atoms with E-state index >= 15 is 0 Å². The van der Waals surface area contributed by atoms with Crippen molar-refractivity contribution in [2.45, 2.75) is 18.8 Å². The SMILES string of the molecule is CN=C(NCCc1cccs1)NCC1CCOc2ccccc21. The monoisotopic (exact) mass is 329 g/mol. The van der Waals surface area contributed by atoms with Crippen LogP contribution in [0.2, 0.25) is 0 Å². The van der Waals surface area contributed by atoms with Gasteiger partial charge in [0.2, 0.25) is 0 Å². The average Bonchev–Trinajstić information content (AvgIpc) is 3.11. The molecule has 0 fully saturated rings. The molecule has 2 aromatic rings. The highest BCUT2D eigenvalue weighted by Crippen LogP contribution is 2.32. The van der Waals surface area contributed by atoms with Gasteiger partial charge in [-0.3, -0.25) is 4.99 Å². The minimum atomic E-state index is 0.468. The molecule has 0 spiro atoms. The van der Waals surface area contributed by atoms with Crippen molar-refractivity contribution in [1.82, 2.24) is 10.6 Å². The number of nitrogens with zero attached hydrogens (tertiary/aromatic N) is 1. The molecule has 0 saturated carbocycles. The lowest BCUT2D eigenvalue weighted by Gasteiger charge is -2.26. The van der Waals surface area contributed by atoms with Gasteiger partial charge in [0.15, 0.2) is 5.96 Å². The number of fused-ring (bicyclic) bond motifs is 1. The van der Waals surface area contributed by atoms with Gasteiger partial charge in [-0.15, -0.1) is 11.3 Å². The Hall–Kier alpha value is -2.01. The molecule has 1 aromatic heterocycles. The minimum absolute atomic E-state index is 0.468. The predicted octanol–water partition coefficient (Wildman–Crippen LogP) is 3.02. The third-order valence-electron chi connectivity index (χ3n) is 4.07. The van der Waals surface area contributed by atoms with Gasteiger partial charge in [0.25, 0.3) is 0 Å². The van der Waals surface area contributed by atoms with Crippen LogP contribution in [0.1, 0.15) is 22.8 Å². The number of aliphatic imine (C=N–C) groups is 1. The molecular weight excluding hydrogens is 306 g/mol. The zero-order valence-electron chi connectivity index (χ0n) is 13.4. The lowest BCUT2D eigenvalue weighted by atomic mass is 9.93. The Labute approximate surface area is 141 Å². The van der Waals surface area contributed by atoms with Crippen LogP contribution in [-0.4, -0.2) is 32.7 Å². The third kappa shape index (κ3) is 4.26. The zero-order chi connectivity index (χ0) is 15.9. The summed E-state index contributed by atoms with van der Waals surface area (Å²) in [4.78, 5) is 5.71. The molecule has 0 saturated heterocycles. The van der Waals surface area contributed by atoms with Gasteiger partial charge in [0.05, 0.1) is 6.61 Å². The summed E-state index contributed by atoms with van der Waals surface area (Å²) in [5.41, 5.74) is 1.29. The molecule has 1 aromatic carbocycles. The Balaban J connectivity index is 1.49. The quantitative estimate of drug-likeness (QED) is 0.655. The molecule has 23 heavy (non-hydrogen) atoms. The van der Waals surface area contributed by atoms with Crippen LogP contribution in [-0.2, 0) is 6.42 Å². The molecule has 1 atom stereocenters. The molecule has 4 nitrogen and oxygen atoms in total. The van der Waals surface area contributed by atoms with Crippen LogP contribution in [0.4, 0.5) is 0 Å². The van der Waals surface area contributed by atoms with Crippen LogP contribution in [0.5, 0.6) is 5.75 Å². The standard InChI is InChI=1S/C18H23N3OS/c1-19-18(20-10-8-15-5-4-12-23-15)21-13-14-9-11-22-17-7-3-2-6-16(14)17/h2-7,12,14H,8-11,13H2,1H3,(H2,19,20,21). The molecular formula is C18H23N3OS. The van der Waals surface area contributed by atoms with Crippen molar-refractivity contribution in [3.05, 3.63) is 52.2 Å². The van der Waals surface area contributed by atoms with E-state index in [1.807, 2.05) is 13.1 Å². The summed E-state index contributed by atoms with van der Waals surface area (Å²) in [5.74, 6) is 2.35. The smallest absolute Gasteiger partial charge is 0.191 e. The first-order chi connectivity index (χ1) is 11.4. The molecule has 0 amide bonds. The maximum atomic E-state index is 5.72. The normalized spacial score (nSPS) is 17.3. The van der Waals surface area contributed by atoms with Crippen molar-refractivity contribution in [2.75, 3.05) is 26.7 Å². The van der Waals surface area contributed by atoms with Gasteiger partial charge in [-0.25, -0.2) is 0 Å². The average molecular weight is 329 g/mol. The molecule has 2 N–H and O–H groups in total. The fourth-order valence-electron chi connectivity index (χ4n) is 2.83. The van der Waals surface area contributed by atoms with E-state index < -0.39 is 0 Å². The number of thiophene rings is 1. The fourth-order valence-corrected chi connectivity index (χ4v) is 3.54. The number of hydrogen-bond acceptors (Lipinski definition) is 3. The van der Waals surface area contributed by atoms with Gasteiger partial charge in [-0.2, -0.15) is 0 Å². The Morgan fingerprint density at radius 3 is 3.00 bits per heavy atom. The van der Waals surface area contributed by atoms with E-state index in [0.29, 0.717) is 5.92 Å². The minimum Gasteiger partial charge on any atom is -0.493 e. The van der Waals surface area contributed by atoms with E-state index in [0.717, 1.165) is 44.2 Å². The Kier molecular flexibility index (Phi) is 5.53. The topological polar surface area (TPSA) is 45.7 Å². The third-order valence-corrected chi connectivity index (χ3v) is 5.00. The van der Waals surface area contributed by atoms with Gasteiger partial charge in [-0.1, -0.05) is 24.3 Å². The highest BCUT2D eigenvalue weighted by atomic mass is 32.1. The van der Waals surface area contributed by atoms with Gasteiger partial charge < -0.3 is 15.4 Å². The summed E-state index contributed by atoms with van der Waals surface area (Å²) in [6.45, 7) is 2.55. The fraction of sp³-hybridized carbons (Fsp3) is 0.389. The van der Waals surface area contributed by atoms with E-state index in [-0.39, 0.29) is 0 Å². The largest absolute Gasteiger partial charge is 0.493 e. The molecule has 0 bridgehead atoms. The molecule has 2 heterocycles. The first kappa shape index (κ1) is 15.9. The Morgan fingerprint density at radius 2 is 2.17 bits per heavy atom. The predicted molar refractivity (Wildman–Crippen MR) is 96.7 cm³/mol. The number of rotatable bonds is 5. The van der Waals surface area contributed by atoms with E-state index in [2.05, 4.69) is 51.3 Å². The van der Waals surface area contributed by atoms with Gasteiger partial charge in [0.1, 0.15) is 5.75 Å². The Bertz CT molecular complexity index is 639. The molecule has 1 aliphatic heterocycles. The molecule has 1 aliphatic rings. The highest BCUT2D eigenvalue weighted by molar-refractivity contribution is 7.09. The van der Waals surface area contributed by atoms with Gasteiger partial charge in [-0.05, 0) is 35.9 Å². The molecule has 5 heteroatoms. The van der Waals surface area contributed by atoms with E-state index in [1.165, 1.54) is 10.4 Å². The van der Waals surface area contributed by atoms with Crippen LogP contribution >= 0.6 is 11.3 Å². The maximum absolute atomic E-state index is 5.72. The number of ether oxygens (including phenoxy) is 1. The van der Waals surface area contributed by atoms with Gasteiger partial charge >= 0.3 is 0 Å². The van der Waals surface area contributed by atoms with Crippen molar-refractivity contribution in [2.24, 2.45) is 4.99 Å². The lowest BCUT2D eigenvalue weighted by Crippen LogP contribution is -2.40. The van der Waals surface area contributed by atoms with Crippen molar-refractivity contribution >= 4 is 17.3 Å². The second-order valence-corrected chi connectivity index (χ2v) is 6.61. The number of nitrogens with one attached hydrogen (secondary N) is 2. The summed E-state index contributed by atoms with van der Waals surface area (Å²) in [6.07, 6.45) is 2.06. The van der Waals surface area contributed by atoms with Crippen molar-refractivity contribution in [3.8, 4) is 5.75 Å². The van der Waals surface area contributed by atoms with Crippen LogP contribution < -0.4 is 15.4 Å². The summed E-state index contributed by atoms with van der Waals surface area (Å²) in [7, 11) is 1.82. The first-order valence-electron chi connectivity index (χ1n) is 8.05. The Morgan fingerprint density at radius 1 is 1.26 bits per heavy atom. The van der Waals surface area contributed by atoms with Crippen LogP contribution in [0.15, 0.2) is 46.8 Å². The van der Waals surface area contributed by atoms with Crippen LogP contribution in [0.3, 0.4) is 0 Å². The molecule has 122 valence electrons. The number of benzene rings is 1. The van der Waals surface area contributed by atoms with Gasteiger partial charge in [0, 0.05) is 30.9 Å². The second kappa shape index (κ2) is 8.02. The van der Waals surface area contributed by atoms with Crippen LogP contribution in [0, 0.1) is 0 Å². The molecule has 0 aliphatic carbocycles. The van der Waals surface area contributed by atoms with Crippen molar-refractivity contribution < 1.29 is 4.74 Å². The summed E-state index contributed by atoms with van der Waals surface area (Å²) < 4.78 is 5.72. The first-order valence-corrected chi connectivity index (χ1v) is 8.93. The van der Waals surface area contributed by atoms with E-state index in [9.17, 15) is 0 Å². The molecule has 1 unspecified atom stereocenters. The summed E-state index contributed by atoms with van der Waals surface area (Å²) >= 11 is 1.80. The lowest BCUT2D eigenvalue weighted by molar-refractivity contribution is 0.267. The summed E-state index contributed by atoms with van der Waals surface area (Å²) in [6, 6.07) is 12.6. The second-order valence-electron chi connectivity index (χ2n) is 5.58. The van der Waals surface area contributed by atoms with Crippen molar-refractivity contribution in [3.63, 3.8) is 0 Å². The number of hydrogen-bond donors (Lipinski definition) is 2. The van der Waals surface area contributed by atoms with Crippen molar-refractivity contribution in [1.29, 1.82) is 0 Å². The molecule has 3 rings (SSSR count). The number of para-hydroxylation sites is 1. The summed E-state index contributed by atoms with van der Waals surface area (Å²) in [5, 5.41) is 8.95.